The smallest absolute Gasteiger partial charge is 0.133 e. The van der Waals surface area contributed by atoms with Crippen LogP contribution in [0.4, 0.5) is 4.39 Å². The van der Waals surface area contributed by atoms with E-state index in [0.717, 1.165) is 23.4 Å². The Kier molecular flexibility index (Phi) is 2.46. The summed E-state index contributed by atoms with van der Waals surface area (Å²) in [5.74, 6) is -0.264. The molecule has 90 valence electrons. The normalized spacial score (nSPS) is 16.3. The Morgan fingerprint density at radius 1 is 1.39 bits per heavy atom. The number of rotatable bonds is 2. The zero-order chi connectivity index (χ0) is 12.8. The first-order valence-electron chi connectivity index (χ1n) is 5.80. The van der Waals surface area contributed by atoms with Crippen LogP contribution in [0.5, 0.6) is 0 Å². The molecule has 0 saturated heterocycles. The second-order valence-electron chi connectivity index (χ2n) is 4.61. The first-order valence-corrected chi connectivity index (χ1v) is 6.62. The van der Waals surface area contributed by atoms with E-state index in [1.54, 1.807) is 18.2 Å². The molecule has 1 aliphatic rings. The van der Waals surface area contributed by atoms with Crippen molar-refractivity contribution >= 4 is 11.3 Å². The average Bonchev–Trinajstić information content (AvgIpc) is 3.07. The molecule has 0 unspecified atom stereocenters. The molecule has 0 aliphatic heterocycles. The van der Waals surface area contributed by atoms with Crippen LogP contribution in [0.3, 0.4) is 0 Å². The first-order chi connectivity index (χ1) is 8.66. The summed E-state index contributed by atoms with van der Waals surface area (Å²) >= 11 is 1.45. The summed E-state index contributed by atoms with van der Waals surface area (Å²) in [4.78, 5) is 5.43. The molecule has 0 bridgehead atoms. The van der Waals surface area contributed by atoms with Gasteiger partial charge in [0.2, 0.25) is 0 Å². The number of aryl methyl sites for hydroxylation is 1. The molecule has 1 aromatic carbocycles. The number of halogens is 1. The lowest BCUT2D eigenvalue weighted by Gasteiger charge is -2.01. The summed E-state index contributed by atoms with van der Waals surface area (Å²) in [7, 11) is 0. The SMILES string of the molecule is Cc1nc(-c2ccccc2F)sc1C1(C#N)CC1. The lowest BCUT2D eigenvalue weighted by atomic mass is 10.1. The van der Waals surface area contributed by atoms with Crippen molar-refractivity contribution < 1.29 is 4.39 Å². The fourth-order valence-electron chi connectivity index (χ4n) is 2.10. The average molecular weight is 258 g/mol. The molecule has 1 heterocycles. The maximum Gasteiger partial charge on any atom is 0.133 e. The van der Waals surface area contributed by atoms with Crippen LogP contribution < -0.4 is 0 Å². The van der Waals surface area contributed by atoms with Crippen molar-refractivity contribution in [2.24, 2.45) is 0 Å². The summed E-state index contributed by atoms with van der Waals surface area (Å²) < 4.78 is 13.7. The fourth-order valence-corrected chi connectivity index (χ4v) is 3.39. The van der Waals surface area contributed by atoms with Gasteiger partial charge >= 0.3 is 0 Å². The zero-order valence-corrected chi connectivity index (χ0v) is 10.7. The van der Waals surface area contributed by atoms with Crippen LogP contribution >= 0.6 is 11.3 Å². The number of nitriles is 1. The molecule has 0 N–H and O–H groups in total. The second-order valence-corrected chi connectivity index (χ2v) is 5.61. The Labute approximate surface area is 109 Å². The van der Waals surface area contributed by atoms with E-state index in [0.29, 0.717) is 10.6 Å². The van der Waals surface area contributed by atoms with Gasteiger partial charge in [-0.05, 0) is 31.9 Å². The van der Waals surface area contributed by atoms with Crippen LogP contribution in [0.1, 0.15) is 23.4 Å². The van der Waals surface area contributed by atoms with E-state index < -0.39 is 0 Å². The molecule has 2 aromatic rings. The quantitative estimate of drug-likeness (QED) is 0.821. The molecule has 4 heteroatoms. The maximum atomic E-state index is 13.7. The van der Waals surface area contributed by atoms with E-state index in [9.17, 15) is 9.65 Å². The van der Waals surface area contributed by atoms with Crippen molar-refractivity contribution in [2.45, 2.75) is 25.2 Å². The van der Waals surface area contributed by atoms with Crippen molar-refractivity contribution in [1.29, 1.82) is 5.26 Å². The Balaban J connectivity index is 2.09. The largest absolute Gasteiger partial charge is 0.241 e. The number of hydrogen-bond acceptors (Lipinski definition) is 3. The van der Waals surface area contributed by atoms with Gasteiger partial charge in [-0.3, -0.25) is 0 Å². The molecule has 0 radical (unpaired) electrons. The predicted molar refractivity (Wildman–Crippen MR) is 68.8 cm³/mol. The topological polar surface area (TPSA) is 36.7 Å². The van der Waals surface area contributed by atoms with Crippen molar-refractivity contribution in [2.75, 3.05) is 0 Å². The highest BCUT2D eigenvalue weighted by molar-refractivity contribution is 7.15. The van der Waals surface area contributed by atoms with Gasteiger partial charge in [0, 0.05) is 10.4 Å². The van der Waals surface area contributed by atoms with Gasteiger partial charge in [-0.1, -0.05) is 12.1 Å². The van der Waals surface area contributed by atoms with Gasteiger partial charge in [0.05, 0.1) is 17.2 Å². The minimum absolute atomic E-state index is 0.264. The summed E-state index contributed by atoms with van der Waals surface area (Å²) in [5, 5.41) is 9.89. The van der Waals surface area contributed by atoms with E-state index in [1.807, 2.05) is 6.92 Å². The van der Waals surface area contributed by atoms with Gasteiger partial charge in [-0.15, -0.1) is 11.3 Å². The minimum Gasteiger partial charge on any atom is -0.241 e. The molecule has 0 amide bonds. The molecular weight excluding hydrogens is 247 g/mol. The summed E-state index contributed by atoms with van der Waals surface area (Å²) in [6.07, 6.45) is 1.78. The highest BCUT2D eigenvalue weighted by Gasteiger charge is 2.47. The molecule has 18 heavy (non-hydrogen) atoms. The van der Waals surface area contributed by atoms with E-state index in [2.05, 4.69) is 11.1 Å². The van der Waals surface area contributed by atoms with E-state index in [-0.39, 0.29) is 11.2 Å². The third-order valence-corrected chi connectivity index (χ3v) is 4.69. The molecule has 2 nitrogen and oxygen atoms in total. The molecule has 3 rings (SSSR count). The Morgan fingerprint density at radius 3 is 2.72 bits per heavy atom. The van der Waals surface area contributed by atoms with Crippen molar-refractivity contribution in [3.05, 3.63) is 40.7 Å². The highest BCUT2D eigenvalue weighted by atomic mass is 32.1. The Hall–Kier alpha value is -1.73. The van der Waals surface area contributed by atoms with E-state index in [1.165, 1.54) is 17.4 Å². The van der Waals surface area contributed by atoms with Crippen molar-refractivity contribution in [3.63, 3.8) is 0 Å². The number of nitrogens with zero attached hydrogens (tertiary/aromatic N) is 2. The van der Waals surface area contributed by atoms with Gasteiger partial charge in [0.25, 0.3) is 0 Å². The molecule has 1 saturated carbocycles. The zero-order valence-electron chi connectivity index (χ0n) is 9.90. The van der Waals surface area contributed by atoms with Gasteiger partial charge in [0.15, 0.2) is 0 Å². The Morgan fingerprint density at radius 2 is 2.11 bits per heavy atom. The number of hydrogen-bond donors (Lipinski definition) is 0. The second kappa shape index (κ2) is 3.89. The third kappa shape index (κ3) is 1.63. The summed E-state index contributed by atoms with van der Waals surface area (Å²) in [6.45, 7) is 1.90. The molecular formula is C14H11FN2S. The van der Waals surface area contributed by atoms with E-state index >= 15 is 0 Å². The van der Waals surface area contributed by atoms with Crippen LogP contribution in [0, 0.1) is 24.1 Å². The Bertz CT molecular complexity index is 650. The van der Waals surface area contributed by atoms with Crippen molar-refractivity contribution in [1.82, 2.24) is 4.98 Å². The van der Waals surface area contributed by atoms with Gasteiger partial charge in [-0.2, -0.15) is 5.26 Å². The minimum atomic E-state index is -0.342. The third-order valence-electron chi connectivity index (χ3n) is 3.30. The first kappa shape index (κ1) is 11.4. The molecule has 1 aliphatic carbocycles. The fraction of sp³-hybridized carbons (Fsp3) is 0.286. The van der Waals surface area contributed by atoms with Crippen LogP contribution in [-0.2, 0) is 5.41 Å². The van der Waals surface area contributed by atoms with Crippen molar-refractivity contribution in [3.8, 4) is 16.6 Å². The van der Waals surface area contributed by atoms with Crippen LogP contribution in [0.25, 0.3) is 10.6 Å². The monoisotopic (exact) mass is 258 g/mol. The molecule has 1 aromatic heterocycles. The molecule has 1 fully saturated rings. The highest BCUT2D eigenvalue weighted by Crippen LogP contribution is 2.51. The van der Waals surface area contributed by atoms with Gasteiger partial charge < -0.3 is 0 Å². The van der Waals surface area contributed by atoms with Gasteiger partial charge in [0.1, 0.15) is 10.8 Å². The predicted octanol–water partition coefficient (Wildman–Crippen LogP) is 3.81. The van der Waals surface area contributed by atoms with Crippen LogP contribution in [0.15, 0.2) is 24.3 Å². The maximum absolute atomic E-state index is 13.7. The van der Waals surface area contributed by atoms with Gasteiger partial charge in [-0.25, -0.2) is 9.37 Å². The number of benzene rings is 1. The lowest BCUT2D eigenvalue weighted by molar-refractivity contribution is 0.631. The summed E-state index contributed by atoms with van der Waals surface area (Å²) in [6, 6.07) is 8.99. The van der Waals surface area contributed by atoms with Crippen LogP contribution in [-0.4, -0.2) is 4.98 Å². The van der Waals surface area contributed by atoms with E-state index in [4.69, 9.17) is 0 Å². The molecule has 0 spiro atoms. The van der Waals surface area contributed by atoms with Crippen LogP contribution in [0.2, 0.25) is 0 Å². The lowest BCUT2D eigenvalue weighted by Crippen LogP contribution is -2.01. The molecule has 0 atom stereocenters. The standard InChI is InChI=1S/C14H11FN2S/c1-9-12(14(8-16)6-7-14)18-13(17-9)10-4-2-3-5-11(10)15/h2-5H,6-7H2,1H3. The summed E-state index contributed by atoms with van der Waals surface area (Å²) in [5.41, 5.74) is 1.04. The number of thiazole rings is 1. The number of aromatic nitrogens is 1.